The number of hydrogen-bond acceptors (Lipinski definition) is 2. The molecule has 2 aromatic carbocycles. The highest BCUT2D eigenvalue weighted by Gasteiger charge is 2.06. The molecular formula is C15H16FNO. The minimum atomic E-state index is -0.254. The van der Waals surface area contributed by atoms with Gasteiger partial charge >= 0.3 is 0 Å². The van der Waals surface area contributed by atoms with E-state index in [2.05, 4.69) is 0 Å². The summed E-state index contributed by atoms with van der Waals surface area (Å²) < 4.78 is 19.1. The third-order valence-electron chi connectivity index (χ3n) is 2.90. The molecule has 0 fully saturated rings. The normalized spacial score (nSPS) is 10.4. The zero-order valence-corrected chi connectivity index (χ0v) is 10.5. The summed E-state index contributed by atoms with van der Waals surface area (Å²) in [5, 5.41) is 0. The number of nitrogen functional groups attached to an aromatic ring is 1. The van der Waals surface area contributed by atoms with Gasteiger partial charge in [-0.2, -0.15) is 0 Å². The van der Waals surface area contributed by atoms with Crippen LogP contribution in [0.4, 0.5) is 10.1 Å². The summed E-state index contributed by atoms with van der Waals surface area (Å²) in [6.07, 6.45) is 0. The average Bonchev–Trinajstić information content (AvgIpc) is 2.34. The lowest BCUT2D eigenvalue weighted by atomic mass is 10.1. The van der Waals surface area contributed by atoms with Crippen LogP contribution in [0.2, 0.25) is 0 Å². The number of aryl methyl sites for hydroxylation is 2. The third-order valence-corrected chi connectivity index (χ3v) is 2.90. The molecule has 0 amide bonds. The minimum Gasteiger partial charge on any atom is -0.488 e. The second-order valence-corrected chi connectivity index (χ2v) is 4.35. The van der Waals surface area contributed by atoms with Crippen LogP contribution in [0.25, 0.3) is 0 Å². The number of ether oxygens (including phenoxy) is 1. The Morgan fingerprint density at radius 3 is 2.56 bits per heavy atom. The van der Waals surface area contributed by atoms with Gasteiger partial charge in [0.15, 0.2) is 0 Å². The molecule has 2 aromatic rings. The Kier molecular flexibility index (Phi) is 3.51. The summed E-state index contributed by atoms with van der Waals surface area (Å²) in [5.41, 5.74) is 9.07. The first-order valence-electron chi connectivity index (χ1n) is 5.81. The molecule has 3 heteroatoms. The number of halogens is 1. The van der Waals surface area contributed by atoms with Gasteiger partial charge in [-0.1, -0.05) is 24.3 Å². The van der Waals surface area contributed by atoms with E-state index < -0.39 is 0 Å². The molecule has 94 valence electrons. The summed E-state index contributed by atoms with van der Waals surface area (Å²) in [6, 6.07) is 10.3. The van der Waals surface area contributed by atoms with Gasteiger partial charge in [0.1, 0.15) is 18.2 Å². The molecule has 0 aliphatic heterocycles. The van der Waals surface area contributed by atoms with E-state index in [1.807, 2.05) is 19.9 Å². The van der Waals surface area contributed by atoms with Crippen LogP contribution in [-0.4, -0.2) is 0 Å². The monoisotopic (exact) mass is 245 g/mol. The zero-order chi connectivity index (χ0) is 13.1. The van der Waals surface area contributed by atoms with Crippen LogP contribution in [-0.2, 0) is 6.61 Å². The van der Waals surface area contributed by atoms with Crippen molar-refractivity contribution >= 4 is 5.69 Å². The highest BCUT2D eigenvalue weighted by Crippen LogP contribution is 2.25. The molecule has 2 nitrogen and oxygen atoms in total. The highest BCUT2D eigenvalue weighted by molar-refractivity contribution is 5.54. The largest absolute Gasteiger partial charge is 0.488 e. The lowest BCUT2D eigenvalue weighted by molar-refractivity contribution is 0.298. The average molecular weight is 245 g/mol. The van der Waals surface area contributed by atoms with E-state index >= 15 is 0 Å². The highest BCUT2D eigenvalue weighted by atomic mass is 19.1. The van der Waals surface area contributed by atoms with Crippen LogP contribution < -0.4 is 10.5 Å². The fourth-order valence-corrected chi connectivity index (χ4v) is 1.77. The van der Waals surface area contributed by atoms with Gasteiger partial charge in [0.2, 0.25) is 0 Å². The summed E-state index contributed by atoms with van der Waals surface area (Å²) in [4.78, 5) is 0. The Hall–Kier alpha value is -2.03. The molecule has 0 radical (unpaired) electrons. The summed E-state index contributed by atoms with van der Waals surface area (Å²) >= 11 is 0. The van der Waals surface area contributed by atoms with Gasteiger partial charge in [0.25, 0.3) is 0 Å². The van der Waals surface area contributed by atoms with Gasteiger partial charge in [0.05, 0.1) is 0 Å². The van der Waals surface area contributed by atoms with Gasteiger partial charge in [-0.25, -0.2) is 4.39 Å². The quantitative estimate of drug-likeness (QED) is 0.838. The predicted octanol–water partition coefficient (Wildman–Crippen LogP) is 3.60. The lowest BCUT2D eigenvalue weighted by Gasteiger charge is -2.12. The van der Waals surface area contributed by atoms with Crippen LogP contribution in [0.5, 0.6) is 5.75 Å². The van der Waals surface area contributed by atoms with Gasteiger partial charge in [-0.15, -0.1) is 0 Å². The van der Waals surface area contributed by atoms with E-state index in [1.165, 1.54) is 6.07 Å². The van der Waals surface area contributed by atoms with Crippen LogP contribution >= 0.6 is 0 Å². The number of anilines is 1. The van der Waals surface area contributed by atoms with Crippen molar-refractivity contribution in [2.45, 2.75) is 20.5 Å². The van der Waals surface area contributed by atoms with Crippen molar-refractivity contribution in [2.24, 2.45) is 0 Å². The molecule has 0 unspecified atom stereocenters. The standard InChI is InChI=1S/C15H16FNO/c1-10-7-11(2)15(8-14(10)17)18-9-12-5-3-4-6-13(12)16/h3-8H,9,17H2,1-2H3. The third kappa shape index (κ3) is 2.62. The van der Waals surface area contributed by atoms with Crippen molar-refractivity contribution < 1.29 is 9.13 Å². The number of benzene rings is 2. The first kappa shape index (κ1) is 12.4. The summed E-state index contributed by atoms with van der Waals surface area (Å²) in [6.45, 7) is 4.10. The van der Waals surface area contributed by atoms with Crippen LogP contribution in [0, 0.1) is 19.7 Å². The smallest absolute Gasteiger partial charge is 0.129 e. The van der Waals surface area contributed by atoms with Gasteiger partial charge in [-0.3, -0.25) is 0 Å². The van der Waals surface area contributed by atoms with E-state index in [4.69, 9.17) is 10.5 Å². The molecule has 0 saturated heterocycles. The molecule has 2 N–H and O–H groups in total. The molecule has 0 aliphatic rings. The van der Waals surface area contributed by atoms with Crippen molar-refractivity contribution in [3.05, 3.63) is 58.9 Å². The molecule has 0 bridgehead atoms. The Morgan fingerprint density at radius 2 is 1.83 bits per heavy atom. The SMILES string of the molecule is Cc1cc(C)c(OCc2ccccc2F)cc1N. The molecule has 0 aliphatic carbocycles. The van der Waals surface area contributed by atoms with Gasteiger partial charge in [-0.05, 0) is 31.0 Å². The molecule has 0 heterocycles. The van der Waals surface area contributed by atoms with Crippen molar-refractivity contribution in [2.75, 3.05) is 5.73 Å². The molecule has 0 aromatic heterocycles. The van der Waals surface area contributed by atoms with Crippen molar-refractivity contribution in [3.8, 4) is 5.75 Å². The maximum absolute atomic E-state index is 13.4. The molecule has 0 atom stereocenters. The summed E-state index contributed by atoms with van der Waals surface area (Å²) in [7, 11) is 0. The predicted molar refractivity (Wildman–Crippen MR) is 71.1 cm³/mol. The number of rotatable bonds is 3. The first-order valence-corrected chi connectivity index (χ1v) is 5.81. The van der Waals surface area contributed by atoms with Crippen LogP contribution in [0.3, 0.4) is 0 Å². The summed E-state index contributed by atoms with van der Waals surface area (Å²) in [5.74, 6) is 0.441. The van der Waals surface area contributed by atoms with E-state index in [9.17, 15) is 4.39 Å². The topological polar surface area (TPSA) is 35.2 Å². The van der Waals surface area contributed by atoms with E-state index in [-0.39, 0.29) is 12.4 Å². The second-order valence-electron chi connectivity index (χ2n) is 4.35. The number of hydrogen-bond donors (Lipinski definition) is 1. The Morgan fingerprint density at radius 1 is 1.11 bits per heavy atom. The molecular weight excluding hydrogens is 229 g/mol. The number of nitrogens with two attached hydrogens (primary N) is 1. The fourth-order valence-electron chi connectivity index (χ4n) is 1.77. The fraction of sp³-hybridized carbons (Fsp3) is 0.200. The minimum absolute atomic E-state index is 0.204. The maximum Gasteiger partial charge on any atom is 0.129 e. The Bertz CT molecular complexity index is 566. The van der Waals surface area contributed by atoms with Gasteiger partial charge < -0.3 is 10.5 Å². The second kappa shape index (κ2) is 5.08. The van der Waals surface area contributed by atoms with Crippen molar-refractivity contribution in [3.63, 3.8) is 0 Å². The molecule has 0 spiro atoms. The first-order chi connectivity index (χ1) is 8.58. The van der Waals surface area contributed by atoms with Crippen LogP contribution in [0.15, 0.2) is 36.4 Å². The molecule has 18 heavy (non-hydrogen) atoms. The van der Waals surface area contributed by atoms with E-state index in [0.29, 0.717) is 17.0 Å². The van der Waals surface area contributed by atoms with Crippen molar-refractivity contribution in [1.82, 2.24) is 0 Å². The Labute approximate surface area is 106 Å². The van der Waals surface area contributed by atoms with E-state index in [0.717, 1.165) is 11.1 Å². The maximum atomic E-state index is 13.4. The van der Waals surface area contributed by atoms with Gasteiger partial charge in [0, 0.05) is 17.3 Å². The molecule has 2 rings (SSSR count). The lowest BCUT2D eigenvalue weighted by Crippen LogP contribution is -2.01. The molecule has 0 saturated carbocycles. The Balaban J connectivity index is 2.16. The van der Waals surface area contributed by atoms with Crippen LogP contribution in [0.1, 0.15) is 16.7 Å². The van der Waals surface area contributed by atoms with E-state index in [1.54, 1.807) is 24.3 Å². The van der Waals surface area contributed by atoms with Crippen molar-refractivity contribution in [1.29, 1.82) is 0 Å². The zero-order valence-electron chi connectivity index (χ0n) is 10.5.